The predicted molar refractivity (Wildman–Crippen MR) is 282 cm³/mol. The maximum atomic E-state index is 11.2. The van der Waals surface area contributed by atoms with Crippen LogP contribution in [-0.4, -0.2) is 19.1 Å². The minimum atomic E-state index is 0.522. The summed E-state index contributed by atoms with van der Waals surface area (Å²) in [6.07, 6.45) is 0. The Morgan fingerprint density at radius 1 is 0.382 bits per heavy atom. The van der Waals surface area contributed by atoms with Crippen molar-refractivity contribution in [2.24, 2.45) is 0 Å². The van der Waals surface area contributed by atoms with Gasteiger partial charge in [-0.3, -0.25) is 0 Å². The lowest BCUT2D eigenvalue weighted by Gasteiger charge is -2.21. The zero-order valence-corrected chi connectivity index (χ0v) is 38.3. The lowest BCUT2D eigenvalue weighted by Crippen LogP contribution is -2.08. The standard InChI is InChI=1S/C63H45N5/c1-39-23-27-48(41(3)31-39)46-25-29-52-50-19-11-13-21-56(50)67(58(52)35-46)60-33-43(38-64)34-61(62(60)63-65-54(44-15-7-5-8-16-44)37-55(66-63)45-17-9-6-10-18-45)68-57-22-14-12-20-51(57)53-30-26-47(36-59(53)68)49-28-24-40(2)32-42(49)4/h5-37H,1-4H3. The van der Waals surface area contributed by atoms with Crippen LogP contribution in [0, 0.1) is 39.0 Å². The fourth-order valence-corrected chi connectivity index (χ4v) is 10.4. The van der Waals surface area contributed by atoms with Gasteiger partial charge in [-0.05, 0) is 104 Å². The third kappa shape index (κ3) is 6.77. The van der Waals surface area contributed by atoms with Gasteiger partial charge in [0.2, 0.25) is 0 Å². The second-order valence-corrected chi connectivity index (χ2v) is 18.0. The van der Waals surface area contributed by atoms with Crippen LogP contribution in [0.25, 0.3) is 111 Å². The van der Waals surface area contributed by atoms with Crippen LogP contribution in [0.2, 0.25) is 0 Å². The molecule has 0 aliphatic carbocycles. The van der Waals surface area contributed by atoms with Gasteiger partial charge in [-0.1, -0.05) is 169 Å². The van der Waals surface area contributed by atoms with Gasteiger partial charge in [0.25, 0.3) is 0 Å². The molecule has 68 heavy (non-hydrogen) atoms. The smallest absolute Gasteiger partial charge is 0.164 e. The molecule has 0 amide bonds. The van der Waals surface area contributed by atoms with Crippen molar-refractivity contribution in [2.45, 2.75) is 27.7 Å². The SMILES string of the molecule is Cc1ccc(-c2ccc3c4ccccc4n(-c4cc(C#N)cc(-n5c6ccccc6c6ccc(-c7ccc(C)cc7C)cc65)c4-c4nc(-c5ccccc5)cc(-c5ccccc5)n4)c3c2)c(C)c1. The average molecular weight is 872 g/mol. The molecule has 0 aliphatic heterocycles. The first-order valence-corrected chi connectivity index (χ1v) is 23.1. The molecule has 12 rings (SSSR count). The molecule has 12 aromatic rings. The van der Waals surface area contributed by atoms with Gasteiger partial charge in [0, 0.05) is 32.7 Å². The zero-order valence-electron chi connectivity index (χ0n) is 38.3. The lowest BCUT2D eigenvalue weighted by molar-refractivity contribution is 1.10. The molecule has 3 heterocycles. The van der Waals surface area contributed by atoms with Crippen molar-refractivity contribution in [2.75, 3.05) is 0 Å². The van der Waals surface area contributed by atoms with E-state index in [1.54, 1.807) is 0 Å². The Labute approximate surface area is 395 Å². The number of rotatable bonds is 7. The van der Waals surface area contributed by atoms with Crippen LogP contribution in [0.15, 0.2) is 200 Å². The number of hydrogen-bond donors (Lipinski definition) is 0. The summed E-state index contributed by atoms with van der Waals surface area (Å²) in [5.74, 6) is 0.549. The van der Waals surface area contributed by atoms with E-state index in [4.69, 9.17) is 9.97 Å². The van der Waals surface area contributed by atoms with Crippen molar-refractivity contribution < 1.29 is 0 Å². The number of benzene rings is 9. The predicted octanol–water partition coefficient (Wildman–Crippen LogP) is 16.1. The van der Waals surface area contributed by atoms with Crippen molar-refractivity contribution >= 4 is 43.6 Å². The number of hydrogen-bond acceptors (Lipinski definition) is 3. The molecule has 0 fully saturated rings. The Kier molecular flexibility index (Phi) is 9.71. The van der Waals surface area contributed by atoms with Crippen LogP contribution in [0.3, 0.4) is 0 Å². The van der Waals surface area contributed by atoms with Gasteiger partial charge >= 0.3 is 0 Å². The Hall–Kier alpha value is -8.85. The fraction of sp³-hybridized carbons (Fsp3) is 0.0635. The summed E-state index contributed by atoms with van der Waals surface area (Å²) < 4.78 is 4.68. The largest absolute Gasteiger partial charge is 0.308 e. The van der Waals surface area contributed by atoms with Gasteiger partial charge in [0.15, 0.2) is 5.82 Å². The molecule has 0 saturated heterocycles. The second kappa shape index (κ2) is 16.2. The van der Waals surface area contributed by atoms with Crippen molar-refractivity contribution in [3.63, 3.8) is 0 Å². The molecule has 5 heteroatoms. The summed E-state index contributed by atoms with van der Waals surface area (Å²) >= 11 is 0. The van der Waals surface area contributed by atoms with Crippen LogP contribution in [0.1, 0.15) is 27.8 Å². The highest BCUT2D eigenvalue weighted by molar-refractivity contribution is 6.13. The summed E-state index contributed by atoms with van der Waals surface area (Å²) in [6, 6.07) is 73.5. The topological polar surface area (TPSA) is 59.4 Å². The van der Waals surface area contributed by atoms with Crippen molar-refractivity contribution in [3.05, 3.63) is 228 Å². The number of aromatic nitrogens is 4. The maximum absolute atomic E-state index is 11.2. The van der Waals surface area contributed by atoms with Gasteiger partial charge in [-0.2, -0.15) is 5.26 Å². The van der Waals surface area contributed by atoms with Crippen LogP contribution in [0.4, 0.5) is 0 Å². The Bertz CT molecular complexity index is 3770. The molecule has 0 aliphatic rings. The first-order chi connectivity index (χ1) is 33.3. The summed E-state index contributed by atoms with van der Waals surface area (Å²) in [5, 5.41) is 15.6. The highest BCUT2D eigenvalue weighted by Gasteiger charge is 2.26. The van der Waals surface area contributed by atoms with E-state index in [-0.39, 0.29) is 0 Å². The van der Waals surface area contributed by atoms with Gasteiger partial charge in [0.1, 0.15) is 0 Å². The number of para-hydroxylation sites is 2. The van der Waals surface area contributed by atoms with Crippen LogP contribution >= 0.6 is 0 Å². The number of fused-ring (bicyclic) bond motifs is 6. The molecule has 0 unspecified atom stereocenters. The van der Waals surface area contributed by atoms with Crippen LogP contribution in [0.5, 0.6) is 0 Å². The molecule has 0 N–H and O–H groups in total. The first kappa shape index (κ1) is 40.6. The normalized spacial score (nSPS) is 11.5. The lowest BCUT2D eigenvalue weighted by atomic mass is 9.97. The Morgan fingerprint density at radius 3 is 1.25 bits per heavy atom. The summed E-state index contributed by atoms with van der Waals surface area (Å²) in [6.45, 7) is 8.64. The minimum Gasteiger partial charge on any atom is -0.308 e. The van der Waals surface area contributed by atoms with Crippen LogP contribution < -0.4 is 0 Å². The Balaban J connectivity index is 1.26. The van der Waals surface area contributed by atoms with Crippen molar-refractivity contribution in [1.29, 1.82) is 5.26 Å². The van der Waals surface area contributed by atoms with Gasteiger partial charge in [-0.25, -0.2) is 9.97 Å². The highest BCUT2D eigenvalue weighted by atomic mass is 15.0. The molecular formula is C63H45N5. The van der Waals surface area contributed by atoms with E-state index >= 15 is 0 Å². The van der Waals surface area contributed by atoms with Gasteiger partial charge in [-0.15, -0.1) is 0 Å². The summed E-state index contributed by atoms with van der Waals surface area (Å²) in [5.41, 5.74) is 20.1. The molecular weight excluding hydrogens is 827 g/mol. The molecule has 0 spiro atoms. The first-order valence-electron chi connectivity index (χ1n) is 23.1. The fourth-order valence-electron chi connectivity index (χ4n) is 10.4. The van der Waals surface area contributed by atoms with Crippen molar-refractivity contribution in [3.8, 4) is 73.6 Å². The molecule has 0 radical (unpaired) electrons. The molecule has 0 atom stereocenters. The third-order valence-electron chi connectivity index (χ3n) is 13.5. The minimum absolute atomic E-state index is 0.522. The third-order valence-corrected chi connectivity index (χ3v) is 13.5. The molecule has 0 saturated carbocycles. The van der Waals surface area contributed by atoms with E-state index < -0.39 is 0 Å². The quantitative estimate of drug-likeness (QED) is 0.160. The highest BCUT2D eigenvalue weighted by Crippen LogP contribution is 2.44. The van der Waals surface area contributed by atoms with Gasteiger partial charge in [0.05, 0.1) is 62.0 Å². The summed E-state index contributed by atoms with van der Waals surface area (Å²) in [7, 11) is 0. The van der Waals surface area contributed by atoms with Gasteiger partial charge < -0.3 is 9.13 Å². The second-order valence-electron chi connectivity index (χ2n) is 18.0. The molecule has 3 aromatic heterocycles. The van der Waals surface area contributed by atoms with Crippen molar-refractivity contribution in [1.82, 2.24) is 19.1 Å². The van der Waals surface area contributed by atoms with E-state index in [1.165, 1.54) is 33.4 Å². The number of nitrogens with zero attached hydrogens (tertiary/aromatic N) is 5. The molecule has 322 valence electrons. The number of aryl methyl sites for hydroxylation is 4. The van der Waals surface area contributed by atoms with E-state index in [1.807, 2.05) is 24.3 Å². The molecule has 5 nitrogen and oxygen atoms in total. The van der Waals surface area contributed by atoms with Crippen LogP contribution in [-0.2, 0) is 0 Å². The molecule has 9 aromatic carbocycles. The van der Waals surface area contributed by atoms with E-state index in [0.29, 0.717) is 11.4 Å². The Morgan fingerprint density at radius 2 is 0.809 bits per heavy atom. The maximum Gasteiger partial charge on any atom is 0.164 e. The van der Waals surface area contributed by atoms with E-state index in [2.05, 4.69) is 219 Å². The summed E-state index contributed by atoms with van der Waals surface area (Å²) in [4.78, 5) is 11.1. The average Bonchev–Trinajstić information content (AvgIpc) is 3.88. The zero-order chi connectivity index (χ0) is 46.0. The number of nitriles is 1. The van der Waals surface area contributed by atoms with E-state index in [9.17, 15) is 5.26 Å². The monoisotopic (exact) mass is 871 g/mol. The molecule has 0 bridgehead atoms. The van der Waals surface area contributed by atoms with E-state index in [0.717, 1.165) is 94.2 Å².